The van der Waals surface area contributed by atoms with E-state index in [1.807, 2.05) is 5.38 Å². The van der Waals surface area contributed by atoms with E-state index in [0.717, 1.165) is 4.88 Å². The SMILES string of the molecule is Fc1c(Br)cccc1C(Cl)c1sccc1Cl. The number of thiophene rings is 1. The first kappa shape index (κ1) is 12.4. The van der Waals surface area contributed by atoms with Crippen LogP contribution in [0.5, 0.6) is 0 Å². The van der Waals surface area contributed by atoms with Gasteiger partial charge >= 0.3 is 0 Å². The van der Waals surface area contributed by atoms with E-state index < -0.39 is 5.38 Å². The van der Waals surface area contributed by atoms with Gasteiger partial charge in [-0.05, 0) is 33.4 Å². The van der Waals surface area contributed by atoms with E-state index in [0.29, 0.717) is 15.1 Å². The molecule has 0 saturated heterocycles. The van der Waals surface area contributed by atoms with Crippen molar-refractivity contribution >= 4 is 50.5 Å². The van der Waals surface area contributed by atoms with Crippen molar-refractivity contribution in [2.24, 2.45) is 0 Å². The van der Waals surface area contributed by atoms with Crippen molar-refractivity contribution in [2.75, 3.05) is 0 Å². The molecule has 0 aliphatic heterocycles. The van der Waals surface area contributed by atoms with E-state index in [4.69, 9.17) is 23.2 Å². The topological polar surface area (TPSA) is 0 Å². The van der Waals surface area contributed by atoms with Crippen LogP contribution in [0.1, 0.15) is 15.8 Å². The molecule has 1 aromatic heterocycles. The summed E-state index contributed by atoms with van der Waals surface area (Å²) in [5.41, 5.74) is 0.431. The standard InChI is InChI=1S/C11H6BrCl2FS/c12-7-3-1-2-6(10(7)15)9(14)11-8(13)4-5-16-11/h1-5,9H. The van der Waals surface area contributed by atoms with Crippen LogP contribution in [-0.2, 0) is 0 Å². The van der Waals surface area contributed by atoms with Crippen LogP contribution in [0.3, 0.4) is 0 Å². The Morgan fingerprint density at radius 2 is 2.06 bits per heavy atom. The molecule has 1 aromatic carbocycles. The Morgan fingerprint density at radius 1 is 1.31 bits per heavy atom. The molecule has 0 spiro atoms. The Labute approximate surface area is 115 Å². The molecule has 0 fully saturated rings. The van der Waals surface area contributed by atoms with Gasteiger partial charge < -0.3 is 0 Å². The number of hydrogen-bond acceptors (Lipinski definition) is 1. The molecular formula is C11H6BrCl2FS. The van der Waals surface area contributed by atoms with Gasteiger partial charge in [0.05, 0.1) is 14.9 Å². The van der Waals surface area contributed by atoms with Gasteiger partial charge in [0.15, 0.2) is 0 Å². The summed E-state index contributed by atoms with van der Waals surface area (Å²) in [6.07, 6.45) is 0. The minimum atomic E-state index is -0.551. The quantitative estimate of drug-likeness (QED) is 0.622. The summed E-state index contributed by atoms with van der Waals surface area (Å²) in [5, 5.41) is 1.86. The van der Waals surface area contributed by atoms with Crippen LogP contribution in [0.25, 0.3) is 0 Å². The third-order valence-corrected chi connectivity index (χ3v) is 4.75. The van der Waals surface area contributed by atoms with Crippen LogP contribution in [0.4, 0.5) is 4.39 Å². The van der Waals surface area contributed by atoms with Gasteiger partial charge in [-0.1, -0.05) is 23.7 Å². The molecule has 0 amide bonds. The molecule has 2 aromatic rings. The maximum absolute atomic E-state index is 13.8. The van der Waals surface area contributed by atoms with Crippen molar-refractivity contribution in [3.8, 4) is 0 Å². The fraction of sp³-hybridized carbons (Fsp3) is 0.0909. The van der Waals surface area contributed by atoms with E-state index in [1.165, 1.54) is 11.3 Å². The van der Waals surface area contributed by atoms with Crippen LogP contribution in [0, 0.1) is 5.82 Å². The van der Waals surface area contributed by atoms with Crippen LogP contribution >= 0.6 is 50.5 Å². The van der Waals surface area contributed by atoms with E-state index in [1.54, 1.807) is 24.3 Å². The first-order chi connectivity index (χ1) is 7.61. The molecule has 0 bridgehead atoms. The molecule has 5 heteroatoms. The summed E-state index contributed by atoms with van der Waals surface area (Å²) in [4.78, 5) is 0.764. The first-order valence-corrected chi connectivity index (χ1v) is 6.91. The normalized spacial score (nSPS) is 12.8. The van der Waals surface area contributed by atoms with Crippen LogP contribution in [0.15, 0.2) is 34.1 Å². The molecular weight excluding hydrogens is 334 g/mol. The highest BCUT2D eigenvalue weighted by atomic mass is 79.9. The average molecular weight is 340 g/mol. The van der Waals surface area contributed by atoms with Gasteiger partial charge in [-0.15, -0.1) is 22.9 Å². The van der Waals surface area contributed by atoms with Crippen molar-refractivity contribution < 1.29 is 4.39 Å². The smallest absolute Gasteiger partial charge is 0.142 e. The molecule has 1 unspecified atom stereocenters. The number of hydrogen-bond donors (Lipinski definition) is 0. The van der Waals surface area contributed by atoms with Gasteiger partial charge in [-0.3, -0.25) is 0 Å². The van der Waals surface area contributed by atoms with Crippen LogP contribution in [-0.4, -0.2) is 0 Å². The molecule has 1 atom stereocenters. The maximum atomic E-state index is 13.8. The van der Waals surface area contributed by atoms with Crippen molar-refractivity contribution in [1.82, 2.24) is 0 Å². The lowest BCUT2D eigenvalue weighted by Gasteiger charge is -2.10. The Kier molecular flexibility index (Phi) is 3.90. The van der Waals surface area contributed by atoms with Gasteiger partial charge in [0.1, 0.15) is 5.82 Å². The number of benzene rings is 1. The number of halogens is 4. The zero-order valence-corrected chi connectivity index (χ0v) is 11.8. The summed E-state index contributed by atoms with van der Waals surface area (Å²) in [6.45, 7) is 0. The maximum Gasteiger partial charge on any atom is 0.142 e. The second kappa shape index (κ2) is 5.05. The molecule has 0 nitrogen and oxygen atoms in total. The summed E-state index contributed by atoms with van der Waals surface area (Å²) < 4.78 is 14.2. The molecule has 0 radical (unpaired) electrons. The Morgan fingerprint density at radius 3 is 2.69 bits per heavy atom. The van der Waals surface area contributed by atoms with Gasteiger partial charge in [0, 0.05) is 10.4 Å². The zero-order chi connectivity index (χ0) is 11.7. The second-order valence-electron chi connectivity index (χ2n) is 3.14. The van der Waals surface area contributed by atoms with Gasteiger partial charge in [-0.2, -0.15) is 0 Å². The minimum absolute atomic E-state index is 0.341. The lowest BCUT2D eigenvalue weighted by atomic mass is 10.1. The number of alkyl halides is 1. The fourth-order valence-corrected chi connectivity index (χ4v) is 3.38. The monoisotopic (exact) mass is 338 g/mol. The Bertz CT molecular complexity index is 512. The molecule has 84 valence electrons. The molecule has 0 aliphatic carbocycles. The Balaban J connectivity index is 2.46. The predicted octanol–water partition coefficient (Wildman–Crippen LogP) is 5.63. The van der Waals surface area contributed by atoms with Crippen molar-refractivity contribution in [3.63, 3.8) is 0 Å². The van der Waals surface area contributed by atoms with Crippen molar-refractivity contribution in [3.05, 3.63) is 55.4 Å². The highest BCUT2D eigenvalue weighted by molar-refractivity contribution is 9.10. The molecule has 1 heterocycles. The molecule has 16 heavy (non-hydrogen) atoms. The van der Waals surface area contributed by atoms with Crippen LogP contribution < -0.4 is 0 Å². The summed E-state index contributed by atoms with van der Waals surface area (Å²) in [5.74, 6) is -0.341. The second-order valence-corrected chi connectivity index (χ2v) is 5.78. The molecule has 2 rings (SSSR count). The molecule has 0 N–H and O–H groups in total. The molecule has 0 aliphatic rings. The zero-order valence-electron chi connectivity index (χ0n) is 7.88. The van der Waals surface area contributed by atoms with Crippen LogP contribution in [0.2, 0.25) is 5.02 Å². The summed E-state index contributed by atoms with van der Waals surface area (Å²) in [7, 11) is 0. The Hall–Kier alpha value is -0.0900. The third-order valence-electron chi connectivity index (χ3n) is 2.13. The number of rotatable bonds is 2. The molecule has 0 saturated carbocycles. The van der Waals surface area contributed by atoms with Gasteiger partial charge in [-0.25, -0.2) is 4.39 Å². The van der Waals surface area contributed by atoms with Gasteiger partial charge in [0.2, 0.25) is 0 Å². The average Bonchev–Trinajstić information content (AvgIpc) is 2.68. The van der Waals surface area contributed by atoms with E-state index in [2.05, 4.69) is 15.9 Å². The van der Waals surface area contributed by atoms with Gasteiger partial charge in [0.25, 0.3) is 0 Å². The largest absolute Gasteiger partial charge is 0.205 e. The van der Waals surface area contributed by atoms with Crippen molar-refractivity contribution in [1.29, 1.82) is 0 Å². The van der Waals surface area contributed by atoms with Crippen molar-refractivity contribution in [2.45, 2.75) is 5.38 Å². The van der Waals surface area contributed by atoms with E-state index >= 15 is 0 Å². The fourth-order valence-electron chi connectivity index (χ4n) is 1.34. The summed E-state index contributed by atoms with van der Waals surface area (Å²) >= 11 is 16.7. The predicted molar refractivity (Wildman–Crippen MR) is 71.1 cm³/mol. The highest BCUT2D eigenvalue weighted by Gasteiger charge is 2.20. The minimum Gasteiger partial charge on any atom is -0.205 e. The van der Waals surface area contributed by atoms with E-state index in [-0.39, 0.29) is 5.82 Å². The lowest BCUT2D eigenvalue weighted by molar-refractivity contribution is 0.606. The lowest BCUT2D eigenvalue weighted by Crippen LogP contribution is -1.96. The third kappa shape index (κ3) is 2.28. The van der Waals surface area contributed by atoms with E-state index in [9.17, 15) is 4.39 Å². The summed E-state index contributed by atoms with van der Waals surface area (Å²) in [6, 6.07) is 6.80. The highest BCUT2D eigenvalue weighted by Crippen LogP contribution is 2.39. The first-order valence-electron chi connectivity index (χ1n) is 4.42.